The van der Waals surface area contributed by atoms with Gasteiger partial charge in [-0.2, -0.15) is 0 Å². The predicted octanol–water partition coefficient (Wildman–Crippen LogP) is 2.09. The molecular formula is C12H15NO3. The van der Waals surface area contributed by atoms with Gasteiger partial charge in [0.15, 0.2) is 0 Å². The number of aromatic carboxylic acids is 1. The average Bonchev–Trinajstić information content (AvgIpc) is 2.83. The average molecular weight is 221 g/mol. The number of carboxylic acid groups (broad SMARTS) is 1. The van der Waals surface area contributed by atoms with Gasteiger partial charge in [-0.1, -0.05) is 12.2 Å². The van der Waals surface area contributed by atoms with Gasteiger partial charge in [0.05, 0.1) is 6.54 Å². The Hall–Kier alpha value is -1.55. The highest BCUT2D eigenvalue weighted by Crippen LogP contribution is 2.16. The van der Waals surface area contributed by atoms with Crippen LogP contribution in [0.15, 0.2) is 22.6 Å². The van der Waals surface area contributed by atoms with E-state index in [0.717, 1.165) is 12.8 Å². The smallest absolute Gasteiger partial charge is 0.339 e. The SMILES string of the molecule is Cc1oc(CNC2CC=CC2)cc1C(=O)O. The molecule has 1 aliphatic carbocycles. The van der Waals surface area contributed by atoms with Crippen LogP contribution in [-0.2, 0) is 6.54 Å². The molecule has 1 aliphatic rings. The molecule has 0 saturated carbocycles. The molecule has 1 aromatic rings. The number of hydrogen-bond donors (Lipinski definition) is 2. The molecule has 16 heavy (non-hydrogen) atoms. The molecule has 2 N–H and O–H groups in total. The Labute approximate surface area is 94.0 Å². The number of rotatable bonds is 4. The zero-order chi connectivity index (χ0) is 11.5. The van der Waals surface area contributed by atoms with Crippen LogP contribution in [0.25, 0.3) is 0 Å². The molecule has 0 bridgehead atoms. The summed E-state index contributed by atoms with van der Waals surface area (Å²) in [6.07, 6.45) is 6.36. The highest BCUT2D eigenvalue weighted by molar-refractivity contribution is 5.88. The number of carbonyl (C=O) groups is 1. The first-order valence-corrected chi connectivity index (χ1v) is 5.38. The zero-order valence-corrected chi connectivity index (χ0v) is 9.19. The number of hydrogen-bond acceptors (Lipinski definition) is 3. The van der Waals surface area contributed by atoms with Gasteiger partial charge in [-0.3, -0.25) is 0 Å². The van der Waals surface area contributed by atoms with E-state index in [-0.39, 0.29) is 5.56 Å². The highest BCUT2D eigenvalue weighted by Gasteiger charge is 2.15. The summed E-state index contributed by atoms with van der Waals surface area (Å²) in [6.45, 7) is 2.25. The molecule has 0 saturated heterocycles. The summed E-state index contributed by atoms with van der Waals surface area (Å²) < 4.78 is 5.37. The van der Waals surface area contributed by atoms with Crippen molar-refractivity contribution in [2.24, 2.45) is 0 Å². The second kappa shape index (κ2) is 4.53. The minimum Gasteiger partial charge on any atom is -0.478 e. The van der Waals surface area contributed by atoms with Gasteiger partial charge >= 0.3 is 5.97 Å². The second-order valence-electron chi connectivity index (χ2n) is 4.01. The molecule has 86 valence electrons. The van der Waals surface area contributed by atoms with Crippen molar-refractivity contribution in [3.8, 4) is 0 Å². The maximum absolute atomic E-state index is 10.8. The molecule has 0 amide bonds. The molecule has 0 aromatic carbocycles. The standard InChI is InChI=1S/C12H15NO3/c1-8-11(12(14)15)6-10(16-8)7-13-9-4-2-3-5-9/h2-3,6,9,13H,4-5,7H2,1H3,(H,14,15). The Morgan fingerprint density at radius 1 is 1.56 bits per heavy atom. The van der Waals surface area contributed by atoms with Crippen molar-refractivity contribution in [3.05, 3.63) is 35.3 Å². The van der Waals surface area contributed by atoms with Crippen LogP contribution in [-0.4, -0.2) is 17.1 Å². The summed E-state index contributed by atoms with van der Waals surface area (Å²) in [4.78, 5) is 10.8. The summed E-state index contributed by atoms with van der Waals surface area (Å²) in [7, 11) is 0. The summed E-state index contributed by atoms with van der Waals surface area (Å²) >= 11 is 0. The van der Waals surface area contributed by atoms with Crippen LogP contribution in [0.1, 0.15) is 34.7 Å². The lowest BCUT2D eigenvalue weighted by Gasteiger charge is -2.09. The molecule has 0 spiro atoms. The first-order chi connectivity index (χ1) is 7.66. The van der Waals surface area contributed by atoms with Gasteiger partial charge in [0.2, 0.25) is 0 Å². The Kier molecular flexibility index (Phi) is 3.10. The molecular weight excluding hydrogens is 206 g/mol. The summed E-state index contributed by atoms with van der Waals surface area (Å²) in [5, 5.41) is 12.2. The minimum absolute atomic E-state index is 0.251. The third kappa shape index (κ3) is 2.33. The third-order valence-electron chi connectivity index (χ3n) is 2.77. The first-order valence-electron chi connectivity index (χ1n) is 5.38. The Bertz CT molecular complexity index is 412. The molecule has 0 atom stereocenters. The van der Waals surface area contributed by atoms with Gasteiger partial charge in [0, 0.05) is 6.04 Å². The fraction of sp³-hybridized carbons (Fsp3) is 0.417. The van der Waals surface area contributed by atoms with E-state index in [1.165, 1.54) is 0 Å². The van der Waals surface area contributed by atoms with Crippen LogP contribution in [0.2, 0.25) is 0 Å². The van der Waals surface area contributed by atoms with Crippen LogP contribution in [0, 0.1) is 6.92 Å². The Balaban J connectivity index is 1.94. The van der Waals surface area contributed by atoms with Crippen LogP contribution in [0.4, 0.5) is 0 Å². The van der Waals surface area contributed by atoms with E-state index in [4.69, 9.17) is 9.52 Å². The van der Waals surface area contributed by atoms with E-state index >= 15 is 0 Å². The molecule has 1 aromatic heterocycles. The van der Waals surface area contributed by atoms with Gasteiger partial charge in [0.1, 0.15) is 17.1 Å². The monoisotopic (exact) mass is 221 g/mol. The van der Waals surface area contributed by atoms with Crippen molar-refractivity contribution in [3.63, 3.8) is 0 Å². The lowest BCUT2D eigenvalue weighted by atomic mass is 10.2. The molecule has 1 heterocycles. The molecule has 2 rings (SSSR count). The predicted molar refractivity (Wildman–Crippen MR) is 59.4 cm³/mol. The van der Waals surface area contributed by atoms with E-state index in [9.17, 15) is 4.79 Å². The van der Waals surface area contributed by atoms with Gasteiger partial charge in [-0.25, -0.2) is 4.79 Å². The van der Waals surface area contributed by atoms with Crippen LogP contribution in [0.3, 0.4) is 0 Å². The topological polar surface area (TPSA) is 62.5 Å². The van der Waals surface area contributed by atoms with Crippen molar-refractivity contribution < 1.29 is 14.3 Å². The lowest BCUT2D eigenvalue weighted by Crippen LogP contribution is -2.25. The van der Waals surface area contributed by atoms with E-state index in [1.54, 1.807) is 13.0 Å². The normalized spacial score (nSPS) is 15.8. The third-order valence-corrected chi connectivity index (χ3v) is 2.77. The first kappa shape index (κ1) is 11.0. The minimum atomic E-state index is -0.935. The van der Waals surface area contributed by atoms with Crippen LogP contribution >= 0.6 is 0 Å². The quantitative estimate of drug-likeness (QED) is 0.764. The number of aryl methyl sites for hydroxylation is 1. The molecule has 0 unspecified atom stereocenters. The van der Waals surface area contributed by atoms with Crippen molar-refractivity contribution in [1.29, 1.82) is 0 Å². The fourth-order valence-electron chi connectivity index (χ4n) is 1.87. The summed E-state index contributed by atoms with van der Waals surface area (Å²) in [5.41, 5.74) is 0.251. The van der Waals surface area contributed by atoms with E-state index in [2.05, 4.69) is 17.5 Å². The van der Waals surface area contributed by atoms with E-state index in [1.807, 2.05) is 0 Å². The Morgan fingerprint density at radius 3 is 2.81 bits per heavy atom. The lowest BCUT2D eigenvalue weighted by molar-refractivity contribution is 0.0695. The highest BCUT2D eigenvalue weighted by atomic mass is 16.4. The van der Waals surface area contributed by atoms with Gasteiger partial charge in [-0.05, 0) is 25.8 Å². The number of nitrogens with one attached hydrogen (secondary N) is 1. The van der Waals surface area contributed by atoms with Crippen LogP contribution in [0.5, 0.6) is 0 Å². The molecule has 0 aliphatic heterocycles. The van der Waals surface area contributed by atoms with Crippen molar-refractivity contribution in [2.45, 2.75) is 32.4 Å². The summed E-state index contributed by atoms with van der Waals surface area (Å²) in [5.74, 6) is 0.214. The number of carboxylic acids is 1. The molecule has 4 heteroatoms. The molecule has 4 nitrogen and oxygen atoms in total. The molecule has 0 radical (unpaired) electrons. The maximum Gasteiger partial charge on any atom is 0.339 e. The van der Waals surface area contributed by atoms with Crippen molar-refractivity contribution in [1.82, 2.24) is 5.32 Å². The van der Waals surface area contributed by atoms with Gasteiger partial charge in [-0.15, -0.1) is 0 Å². The second-order valence-corrected chi connectivity index (χ2v) is 4.01. The van der Waals surface area contributed by atoms with Crippen LogP contribution < -0.4 is 5.32 Å². The Morgan fingerprint density at radius 2 is 2.25 bits per heavy atom. The van der Waals surface area contributed by atoms with E-state index < -0.39 is 5.97 Å². The molecule has 0 fully saturated rings. The zero-order valence-electron chi connectivity index (χ0n) is 9.19. The van der Waals surface area contributed by atoms with E-state index in [0.29, 0.717) is 24.1 Å². The van der Waals surface area contributed by atoms with Gasteiger partial charge < -0.3 is 14.8 Å². The largest absolute Gasteiger partial charge is 0.478 e. The van der Waals surface area contributed by atoms with Gasteiger partial charge in [0.25, 0.3) is 0 Å². The van der Waals surface area contributed by atoms with Crippen molar-refractivity contribution >= 4 is 5.97 Å². The maximum atomic E-state index is 10.8. The fourth-order valence-corrected chi connectivity index (χ4v) is 1.87. The number of furan rings is 1. The summed E-state index contributed by atoms with van der Waals surface area (Å²) in [6, 6.07) is 2.05. The van der Waals surface area contributed by atoms with Crippen molar-refractivity contribution in [2.75, 3.05) is 0 Å².